The molecule has 0 aliphatic carbocycles. The van der Waals surface area contributed by atoms with Crippen LogP contribution in [0.3, 0.4) is 0 Å². The van der Waals surface area contributed by atoms with Crippen LogP contribution < -0.4 is 5.32 Å². The highest BCUT2D eigenvalue weighted by molar-refractivity contribution is 7.09. The van der Waals surface area contributed by atoms with Crippen LogP contribution in [-0.4, -0.2) is 42.6 Å². The van der Waals surface area contributed by atoms with E-state index in [-0.39, 0.29) is 5.41 Å². The monoisotopic (exact) mass is 309 g/mol. The second-order valence-corrected chi connectivity index (χ2v) is 8.07. The minimum Gasteiger partial charge on any atom is -0.316 e. The minimum absolute atomic E-state index is 0.178. The van der Waals surface area contributed by atoms with Crippen molar-refractivity contribution in [3.63, 3.8) is 0 Å². The fourth-order valence-electron chi connectivity index (χ4n) is 2.68. The van der Waals surface area contributed by atoms with E-state index >= 15 is 0 Å². The van der Waals surface area contributed by atoms with Gasteiger partial charge in [0.2, 0.25) is 0 Å². The smallest absolute Gasteiger partial charge is 0.0941 e. The Labute approximate surface area is 134 Å². The van der Waals surface area contributed by atoms with Crippen molar-refractivity contribution in [3.8, 4) is 0 Å². The normalized spacial score (nSPS) is 16.7. The van der Waals surface area contributed by atoms with Crippen LogP contribution >= 0.6 is 11.3 Å². The SMILES string of the molecule is CC(C)(C)c1csc(CCNCCCCN2CCCC2)n1. The van der Waals surface area contributed by atoms with Gasteiger partial charge in [0, 0.05) is 23.8 Å². The number of unbranched alkanes of at least 4 members (excludes halogenated alkanes) is 1. The highest BCUT2D eigenvalue weighted by Crippen LogP contribution is 2.23. The molecule has 0 unspecified atom stereocenters. The lowest BCUT2D eigenvalue weighted by Gasteiger charge is -2.14. The van der Waals surface area contributed by atoms with Crippen molar-refractivity contribution in [2.75, 3.05) is 32.7 Å². The Hall–Kier alpha value is -0.450. The Kier molecular flexibility index (Phi) is 6.65. The second kappa shape index (κ2) is 8.25. The van der Waals surface area contributed by atoms with E-state index in [0.29, 0.717) is 0 Å². The van der Waals surface area contributed by atoms with Crippen molar-refractivity contribution < 1.29 is 0 Å². The molecule has 0 saturated carbocycles. The minimum atomic E-state index is 0.178. The number of likely N-dealkylation sites (tertiary alicyclic amines) is 1. The number of hydrogen-bond donors (Lipinski definition) is 1. The van der Waals surface area contributed by atoms with E-state index < -0.39 is 0 Å². The van der Waals surface area contributed by atoms with Gasteiger partial charge in [-0.2, -0.15) is 0 Å². The maximum Gasteiger partial charge on any atom is 0.0941 e. The predicted octanol–water partition coefficient (Wildman–Crippen LogP) is 3.45. The number of aromatic nitrogens is 1. The van der Waals surface area contributed by atoms with E-state index in [9.17, 15) is 0 Å². The molecule has 0 bridgehead atoms. The Balaban J connectivity index is 1.50. The number of nitrogens with zero attached hydrogens (tertiary/aromatic N) is 2. The lowest BCUT2D eigenvalue weighted by atomic mass is 9.93. The van der Waals surface area contributed by atoms with Crippen LogP contribution in [0.15, 0.2) is 5.38 Å². The van der Waals surface area contributed by atoms with Gasteiger partial charge >= 0.3 is 0 Å². The molecular formula is C17H31N3S. The van der Waals surface area contributed by atoms with Gasteiger partial charge < -0.3 is 10.2 Å². The molecule has 0 atom stereocenters. The summed E-state index contributed by atoms with van der Waals surface area (Å²) in [5.74, 6) is 0. The van der Waals surface area contributed by atoms with Crippen LogP contribution in [-0.2, 0) is 11.8 Å². The summed E-state index contributed by atoms with van der Waals surface area (Å²) in [6.07, 6.45) is 6.50. The molecule has 1 aromatic rings. The maximum absolute atomic E-state index is 4.74. The summed E-state index contributed by atoms with van der Waals surface area (Å²) in [6.45, 7) is 12.8. The van der Waals surface area contributed by atoms with Crippen LogP contribution in [0.25, 0.3) is 0 Å². The summed E-state index contributed by atoms with van der Waals surface area (Å²) in [5.41, 5.74) is 1.41. The van der Waals surface area contributed by atoms with E-state index in [0.717, 1.165) is 19.5 Å². The summed E-state index contributed by atoms with van der Waals surface area (Å²) >= 11 is 1.80. The van der Waals surface area contributed by atoms with E-state index in [2.05, 4.69) is 36.4 Å². The Morgan fingerprint density at radius 3 is 2.62 bits per heavy atom. The first kappa shape index (κ1) is 16.9. The number of thiazole rings is 1. The van der Waals surface area contributed by atoms with E-state index in [4.69, 9.17) is 4.98 Å². The van der Waals surface area contributed by atoms with Gasteiger partial charge in [0.25, 0.3) is 0 Å². The zero-order valence-corrected chi connectivity index (χ0v) is 14.8. The van der Waals surface area contributed by atoms with Crippen molar-refractivity contribution in [2.24, 2.45) is 0 Å². The van der Waals surface area contributed by atoms with Gasteiger partial charge in [0.05, 0.1) is 10.7 Å². The number of hydrogen-bond acceptors (Lipinski definition) is 4. The fourth-order valence-corrected chi connectivity index (χ4v) is 3.71. The van der Waals surface area contributed by atoms with E-state index in [1.807, 2.05) is 0 Å². The van der Waals surface area contributed by atoms with Gasteiger partial charge in [0.15, 0.2) is 0 Å². The van der Waals surface area contributed by atoms with Crippen LogP contribution in [0, 0.1) is 0 Å². The molecule has 21 heavy (non-hydrogen) atoms. The molecule has 1 N–H and O–H groups in total. The average Bonchev–Trinajstić information content (AvgIpc) is 3.07. The summed E-state index contributed by atoms with van der Waals surface area (Å²) in [6, 6.07) is 0. The molecule has 2 heterocycles. The highest BCUT2D eigenvalue weighted by atomic mass is 32.1. The quantitative estimate of drug-likeness (QED) is 0.746. The lowest BCUT2D eigenvalue weighted by Crippen LogP contribution is -2.23. The van der Waals surface area contributed by atoms with Crippen LogP contribution in [0.5, 0.6) is 0 Å². The molecule has 0 spiro atoms. The molecule has 1 aromatic heterocycles. The maximum atomic E-state index is 4.74. The molecule has 1 aliphatic rings. The molecule has 0 aromatic carbocycles. The topological polar surface area (TPSA) is 28.2 Å². The summed E-state index contributed by atoms with van der Waals surface area (Å²) < 4.78 is 0. The summed E-state index contributed by atoms with van der Waals surface area (Å²) in [7, 11) is 0. The van der Waals surface area contributed by atoms with Crippen molar-refractivity contribution in [2.45, 2.75) is 58.3 Å². The van der Waals surface area contributed by atoms with E-state index in [1.54, 1.807) is 11.3 Å². The van der Waals surface area contributed by atoms with Gasteiger partial charge in [-0.25, -0.2) is 4.98 Å². The first-order valence-corrected chi connectivity index (χ1v) is 9.31. The van der Waals surface area contributed by atoms with Gasteiger partial charge in [-0.3, -0.25) is 0 Å². The fraction of sp³-hybridized carbons (Fsp3) is 0.824. The zero-order chi connectivity index (χ0) is 15.1. The first-order valence-electron chi connectivity index (χ1n) is 8.44. The molecule has 0 amide bonds. The van der Waals surface area contributed by atoms with Crippen LogP contribution in [0.4, 0.5) is 0 Å². The van der Waals surface area contributed by atoms with Crippen molar-refractivity contribution >= 4 is 11.3 Å². The van der Waals surface area contributed by atoms with E-state index in [1.165, 1.54) is 56.0 Å². The van der Waals surface area contributed by atoms with Crippen LogP contribution in [0.1, 0.15) is 57.2 Å². The molecule has 1 saturated heterocycles. The number of rotatable bonds is 8. The second-order valence-electron chi connectivity index (χ2n) is 7.13. The highest BCUT2D eigenvalue weighted by Gasteiger charge is 2.17. The average molecular weight is 310 g/mol. The number of nitrogens with one attached hydrogen (secondary N) is 1. The third-order valence-electron chi connectivity index (χ3n) is 4.11. The molecule has 1 aliphatic heterocycles. The molecule has 3 nitrogen and oxygen atoms in total. The van der Waals surface area contributed by atoms with Crippen LogP contribution in [0.2, 0.25) is 0 Å². The molecule has 120 valence electrons. The predicted molar refractivity (Wildman–Crippen MR) is 92.3 cm³/mol. The third kappa shape index (κ3) is 6.05. The van der Waals surface area contributed by atoms with Gasteiger partial charge in [-0.1, -0.05) is 20.8 Å². The lowest BCUT2D eigenvalue weighted by molar-refractivity contribution is 0.329. The van der Waals surface area contributed by atoms with Gasteiger partial charge in [-0.15, -0.1) is 11.3 Å². The summed E-state index contributed by atoms with van der Waals surface area (Å²) in [4.78, 5) is 7.34. The Bertz CT molecular complexity index is 402. The van der Waals surface area contributed by atoms with Crippen molar-refractivity contribution in [1.82, 2.24) is 15.2 Å². The van der Waals surface area contributed by atoms with Crippen molar-refractivity contribution in [3.05, 3.63) is 16.1 Å². The van der Waals surface area contributed by atoms with Gasteiger partial charge in [0.1, 0.15) is 0 Å². The van der Waals surface area contributed by atoms with Crippen molar-refractivity contribution in [1.29, 1.82) is 0 Å². The van der Waals surface area contributed by atoms with Gasteiger partial charge in [-0.05, 0) is 51.9 Å². The standard InChI is InChI=1S/C17H31N3S/c1-17(2,3)15-14-21-16(19-15)8-10-18-9-4-5-11-20-12-6-7-13-20/h14,18H,4-13H2,1-3H3. The third-order valence-corrected chi connectivity index (χ3v) is 5.02. The molecule has 0 radical (unpaired) electrons. The molecular weight excluding hydrogens is 278 g/mol. The Morgan fingerprint density at radius 1 is 1.19 bits per heavy atom. The first-order chi connectivity index (χ1) is 10.1. The largest absolute Gasteiger partial charge is 0.316 e. The summed E-state index contributed by atoms with van der Waals surface area (Å²) in [5, 5.41) is 7.04. The molecule has 1 fully saturated rings. The zero-order valence-electron chi connectivity index (χ0n) is 14.0. The molecule has 4 heteroatoms. The Morgan fingerprint density at radius 2 is 1.95 bits per heavy atom. The molecule has 2 rings (SSSR count).